The van der Waals surface area contributed by atoms with Crippen LogP contribution in [0, 0.1) is 6.92 Å². The van der Waals surface area contributed by atoms with Crippen molar-refractivity contribution in [1.29, 1.82) is 0 Å². The molecule has 0 aliphatic carbocycles. The van der Waals surface area contributed by atoms with Gasteiger partial charge in [-0.3, -0.25) is 0 Å². The van der Waals surface area contributed by atoms with E-state index in [0.29, 0.717) is 0 Å². The van der Waals surface area contributed by atoms with E-state index in [0.717, 1.165) is 19.4 Å². The molecule has 0 aliphatic rings. The van der Waals surface area contributed by atoms with Crippen LogP contribution in [-0.2, 0) is 12.8 Å². The van der Waals surface area contributed by atoms with E-state index in [1.54, 1.807) is 0 Å². The van der Waals surface area contributed by atoms with Crippen molar-refractivity contribution >= 4 is 6.08 Å². The molecule has 0 radical (unpaired) electrons. The summed E-state index contributed by atoms with van der Waals surface area (Å²) in [6.07, 6.45) is 5.41. The number of hydrogen-bond donors (Lipinski definition) is 1. The van der Waals surface area contributed by atoms with Crippen molar-refractivity contribution in [3.05, 3.63) is 41.0 Å². The molecule has 1 aromatic carbocycles. The maximum absolute atomic E-state index is 3.93. The first-order valence-corrected chi connectivity index (χ1v) is 7.38. The zero-order valence-electron chi connectivity index (χ0n) is 13.3. The van der Waals surface area contributed by atoms with Gasteiger partial charge in [-0.1, -0.05) is 38.1 Å². The monoisotopic (exact) mass is 259 g/mol. The van der Waals surface area contributed by atoms with E-state index in [2.05, 4.69) is 58.6 Å². The molecule has 106 valence electrons. The van der Waals surface area contributed by atoms with Gasteiger partial charge in [-0.2, -0.15) is 0 Å². The summed E-state index contributed by atoms with van der Waals surface area (Å²) in [5.41, 5.74) is 5.89. The Labute approximate surface area is 119 Å². The second kappa shape index (κ2) is 6.91. The van der Waals surface area contributed by atoms with Gasteiger partial charge in [-0.05, 0) is 69.3 Å². The van der Waals surface area contributed by atoms with E-state index in [9.17, 15) is 0 Å². The first-order chi connectivity index (χ1) is 8.89. The summed E-state index contributed by atoms with van der Waals surface area (Å²) in [6, 6.07) is 4.48. The number of hydrogen-bond acceptors (Lipinski definition) is 1. The highest BCUT2D eigenvalue weighted by Crippen LogP contribution is 2.22. The van der Waals surface area contributed by atoms with Crippen molar-refractivity contribution in [2.45, 2.75) is 59.4 Å². The molecule has 1 aromatic rings. The molecule has 0 bridgehead atoms. The van der Waals surface area contributed by atoms with Gasteiger partial charge in [-0.15, -0.1) is 0 Å². The third kappa shape index (κ3) is 4.83. The molecule has 19 heavy (non-hydrogen) atoms. The fraction of sp³-hybridized carbons (Fsp3) is 0.556. The van der Waals surface area contributed by atoms with E-state index in [-0.39, 0.29) is 5.54 Å². The highest BCUT2D eigenvalue weighted by atomic mass is 14.9. The molecule has 0 saturated heterocycles. The number of benzene rings is 1. The lowest BCUT2D eigenvalue weighted by Gasteiger charge is -2.21. The molecule has 0 spiro atoms. The topological polar surface area (TPSA) is 12.0 Å². The van der Waals surface area contributed by atoms with Crippen LogP contribution in [-0.4, -0.2) is 12.1 Å². The minimum atomic E-state index is 0.196. The molecular formula is C18H29N. The Kier molecular flexibility index (Phi) is 5.81. The second-order valence-electron chi connectivity index (χ2n) is 6.30. The van der Waals surface area contributed by atoms with Gasteiger partial charge in [-0.25, -0.2) is 0 Å². The highest BCUT2D eigenvalue weighted by molar-refractivity contribution is 5.56. The molecule has 0 atom stereocenters. The maximum Gasteiger partial charge on any atom is 0.00966 e. The first-order valence-electron chi connectivity index (χ1n) is 7.38. The molecule has 1 rings (SSSR count). The third-order valence-corrected chi connectivity index (χ3v) is 3.52. The molecular weight excluding hydrogens is 230 g/mol. The SMILES string of the molecule is C=Cc1ccc(CCNC(C)(C)C)c(C)c1CCC. The largest absolute Gasteiger partial charge is 0.312 e. The fourth-order valence-electron chi connectivity index (χ4n) is 2.44. The fourth-order valence-corrected chi connectivity index (χ4v) is 2.44. The Hall–Kier alpha value is -1.08. The Morgan fingerprint density at radius 1 is 1.21 bits per heavy atom. The minimum Gasteiger partial charge on any atom is -0.312 e. The molecule has 0 aromatic heterocycles. The van der Waals surface area contributed by atoms with Crippen molar-refractivity contribution in [3.8, 4) is 0 Å². The summed E-state index contributed by atoms with van der Waals surface area (Å²) in [7, 11) is 0. The highest BCUT2D eigenvalue weighted by Gasteiger charge is 2.10. The van der Waals surface area contributed by atoms with Crippen LogP contribution in [0.4, 0.5) is 0 Å². The van der Waals surface area contributed by atoms with Crippen molar-refractivity contribution in [3.63, 3.8) is 0 Å². The average Bonchev–Trinajstić information content (AvgIpc) is 2.32. The number of rotatable bonds is 6. The van der Waals surface area contributed by atoms with Crippen molar-refractivity contribution < 1.29 is 0 Å². The summed E-state index contributed by atoms with van der Waals surface area (Å²) in [4.78, 5) is 0. The predicted molar refractivity (Wildman–Crippen MR) is 86.7 cm³/mol. The standard InChI is InChI=1S/C18H29N/c1-7-9-17-14(3)16(11-10-15(17)8-2)12-13-19-18(4,5)6/h8,10-11,19H,2,7,9,12-13H2,1,3-6H3. The van der Waals surface area contributed by atoms with Crippen LogP contribution in [0.15, 0.2) is 18.7 Å². The molecule has 1 heteroatoms. The average molecular weight is 259 g/mol. The predicted octanol–water partition coefficient (Wildman–Crippen LogP) is 4.52. The van der Waals surface area contributed by atoms with Gasteiger partial charge in [0.2, 0.25) is 0 Å². The lowest BCUT2D eigenvalue weighted by Crippen LogP contribution is -2.37. The lowest BCUT2D eigenvalue weighted by molar-refractivity contribution is 0.429. The zero-order valence-corrected chi connectivity index (χ0v) is 13.3. The number of nitrogens with one attached hydrogen (secondary N) is 1. The summed E-state index contributed by atoms with van der Waals surface area (Å²) in [5.74, 6) is 0. The molecule has 1 nitrogen and oxygen atoms in total. The second-order valence-corrected chi connectivity index (χ2v) is 6.30. The van der Waals surface area contributed by atoms with Crippen LogP contribution in [0.2, 0.25) is 0 Å². The van der Waals surface area contributed by atoms with Crippen LogP contribution in [0.1, 0.15) is 56.4 Å². The van der Waals surface area contributed by atoms with E-state index >= 15 is 0 Å². The van der Waals surface area contributed by atoms with Crippen molar-refractivity contribution in [2.75, 3.05) is 6.54 Å². The molecule has 0 unspecified atom stereocenters. The van der Waals surface area contributed by atoms with Crippen LogP contribution < -0.4 is 5.32 Å². The Balaban J connectivity index is 2.85. The Morgan fingerprint density at radius 2 is 1.89 bits per heavy atom. The normalized spacial score (nSPS) is 11.6. The zero-order chi connectivity index (χ0) is 14.5. The van der Waals surface area contributed by atoms with Gasteiger partial charge in [0.25, 0.3) is 0 Å². The van der Waals surface area contributed by atoms with Crippen LogP contribution in [0.5, 0.6) is 0 Å². The smallest absolute Gasteiger partial charge is 0.00966 e. The Morgan fingerprint density at radius 3 is 2.42 bits per heavy atom. The minimum absolute atomic E-state index is 0.196. The van der Waals surface area contributed by atoms with Crippen LogP contribution in [0.25, 0.3) is 6.08 Å². The first kappa shape index (κ1) is 16.0. The van der Waals surface area contributed by atoms with Gasteiger partial charge < -0.3 is 5.32 Å². The van der Waals surface area contributed by atoms with E-state index in [4.69, 9.17) is 0 Å². The summed E-state index contributed by atoms with van der Waals surface area (Å²) in [5, 5.41) is 3.56. The van der Waals surface area contributed by atoms with E-state index in [1.807, 2.05) is 6.08 Å². The summed E-state index contributed by atoms with van der Waals surface area (Å²) in [6.45, 7) is 16.1. The lowest BCUT2D eigenvalue weighted by atomic mass is 9.92. The molecule has 0 amide bonds. The molecule has 0 heterocycles. The van der Waals surface area contributed by atoms with E-state index in [1.165, 1.54) is 28.7 Å². The van der Waals surface area contributed by atoms with E-state index < -0.39 is 0 Å². The van der Waals surface area contributed by atoms with Crippen LogP contribution in [0.3, 0.4) is 0 Å². The van der Waals surface area contributed by atoms with Crippen molar-refractivity contribution in [1.82, 2.24) is 5.32 Å². The van der Waals surface area contributed by atoms with Gasteiger partial charge >= 0.3 is 0 Å². The van der Waals surface area contributed by atoms with Gasteiger partial charge in [0, 0.05) is 5.54 Å². The van der Waals surface area contributed by atoms with Crippen molar-refractivity contribution in [2.24, 2.45) is 0 Å². The maximum atomic E-state index is 3.93. The van der Waals surface area contributed by atoms with Gasteiger partial charge in [0.15, 0.2) is 0 Å². The molecule has 0 saturated carbocycles. The van der Waals surface area contributed by atoms with Crippen LogP contribution >= 0.6 is 0 Å². The summed E-state index contributed by atoms with van der Waals surface area (Å²) >= 11 is 0. The quantitative estimate of drug-likeness (QED) is 0.792. The third-order valence-electron chi connectivity index (χ3n) is 3.52. The molecule has 0 aliphatic heterocycles. The summed E-state index contributed by atoms with van der Waals surface area (Å²) < 4.78 is 0. The Bertz CT molecular complexity index is 424. The molecule has 1 N–H and O–H groups in total. The van der Waals surface area contributed by atoms with Gasteiger partial charge in [0.05, 0.1) is 0 Å². The van der Waals surface area contributed by atoms with Gasteiger partial charge in [0.1, 0.15) is 0 Å². The molecule has 0 fully saturated rings.